The van der Waals surface area contributed by atoms with Gasteiger partial charge < -0.3 is 15.5 Å². The number of carbonyl (C=O) groups excluding carboxylic acids is 2. The first kappa shape index (κ1) is 19.6. The van der Waals surface area contributed by atoms with Crippen LogP contribution in [0.4, 0.5) is 10.5 Å². The van der Waals surface area contributed by atoms with Crippen molar-refractivity contribution in [3.8, 4) is 0 Å². The fourth-order valence-electron chi connectivity index (χ4n) is 2.59. The van der Waals surface area contributed by atoms with Gasteiger partial charge in [0.25, 0.3) is 5.91 Å². The van der Waals surface area contributed by atoms with Crippen molar-refractivity contribution >= 4 is 29.6 Å². The number of hydrogen-bond acceptors (Lipinski definition) is 4. The molecule has 0 unspecified atom stereocenters. The lowest BCUT2D eigenvalue weighted by Gasteiger charge is -2.35. The Balaban J connectivity index is 2.57. The molecule has 0 bridgehead atoms. The van der Waals surface area contributed by atoms with Crippen LogP contribution in [0, 0.1) is 0 Å². The Morgan fingerprint density at radius 1 is 0.889 bits per heavy atom. The standard InChI is InChI=1S/C19H18N2O6/c1-2-19(16(23)24,17(25)26)21(15(22)13-9-5-3-6-10-13)18(27)20-14-11-7-4-8-12-14/h3-12H,2H2,1H3,(H,20,27)(H,23,24)(H,25,26). The zero-order chi connectivity index (χ0) is 20.0. The summed E-state index contributed by atoms with van der Waals surface area (Å²) >= 11 is 0. The summed E-state index contributed by atoms with van der Waals surface area (Å²) in [4.78, 5) is 49.7. The van der Waals surface area contributed by atoms with Crippen molar-refractivity contribution in [3.05, 3.63) is 66.2 Å². The van der Waals surface area contributed by atoms with E-state index in [-0.39, 0.29) is 16.2 Å². The Bertz CT molecular complexity index is 837. The first-order chi connectivity index (χ1) is 12.8. The average molecular weight is 370 g/mol. The van der Waals surface area contributed by atoms with Crippen molar-refractivity contribution in [3.63, 3.8) is 0 Å². The van der Waals surface area contributed by atoms with E-state index in [9.17, 15) is 29.4 Å². The molecule has 2 aromatic rings. The molecule has 0 aliphatic rings. The first-order valence-corrected chi connectivity index (χ1v) is 8.07. The van der Waals surface area contributed by atoms with Gasteiger partial charge in [0.05, 0.1) is 0 Å². The summed E-state index contributed by atoms with van der Waals surface area (Å²) in [5.74, 6) is -4.66. The molecule has 0 spiro atoms. The highest BCUT2D eigenvalue weighted by molar-refractivity contribution is 6.17. The maximum Gasteiger partial charge on any atom is 0.341 e. The molecule has 3 N–H and O–H groups in total. The minimum absolute atomic E-state index is 0.0129. The van der Waals surface area contributed by atoms with E-state index in [1.54, 1.807) is 24.3 Å². The molecule has 2 rings (SSSR count). The highest BCUT2D eigenvalue weighted by Gasteiger charge is 2.55. The summed E-state index contributed by atoms with van der Waals surface area (Å²) in [7, 11) is 0. The number of anilines is 1. The Morgan fingerprint density at radius 3 is 1.81 bits per heavy atom. The van der Waals surface area contributed by atoms with Crippen LogP contribution in [-0.2, 0) is 9.59 Å². The zero-order valence-electron chi connectivity index (χ0n) is 14.5. The van der Waals surface area contributed by atoms with E-state index < -0.39 is 35.8 Å². The lowest BCUT2D eigenvalue weighted by molar-refractivity contribution is -0.163. The van der Waals surface area contributed by atoms with Gasteiger partial charge in [0.2, 0.25) is 5.54 Å². The molecular formula is C19H18N2O6. The smallest absolute Gasteiger partial charge is 0.341 e. The summed E-state index contributed by atoms with van der Waals surface area (Å²) in [6.45, 7) is 1.28. The molecule has 0 saturated heterocycles. The number of para-hydroxylation sites is 1. The number of carbonyl (C=O) groups is 4. The van der Waals surface area contributed by atoms with E-state index in [4.69, 9.17) is 0 Å². The van der Waals surface area contributed by atoms with E-state index in [2.05, 4.69) is 5.32 Å². The predicted molar refractivity (Wildman–Crippen MR) is 96.4 cm³/mol. The highest BCUT2D eigenvalue weighted by Crippen LogP contribution is 2.25. The molecule has 0 heterocycles. The number of urea groups is 1. The number of nitrogens with zero attached hydrogens (tertiary/aromatic N) is 1. The van der Waals surface area contributed by atoms with Gasteiger partial charge in [0, 0.05) is 11.3 Å². The summed E-state index contributed by atoms with van der Waals surface area (Å²) in [5, 5.41) is 21.6. The summed E-state index contributed by atoms with van der Waals surface area (Å²) < 4.78 is 0. The van der Waals surface area contributed by atoms with Gasteiger partial charge in [0.15, 0.2) is 0 Å². The summed E-state index contributed by atoms with van der Waals surface area (Å²) in [6, 6.07) is 14.3. The molecule has 3 amide bonds. The Kier molecular flexibility index (Phi) is 5.92. The lowest BCUT2D eigenvalue weighted by atomic mass is 9.93. The zero-order valence-corrected chi connectivity index (χ0v) is 14.5. The van der Waals surface area contributed by atoms with E-state index >= 15 is 0 Å². The van der Waals surface area contributed by atoms with Crippen molar-refractivity contribution in [2.75, 3.05) is 5.32 Å². The van der Waals surface area contributed by atoms with Crippen molar-refractivity contribution in [2.24, 2.45) is 0 Å². The first-order valence-electron chi connectivity index (χ1n) is 8.07. The van der Waals surface area contributed by atoms with Gasteiger partial charge >= 0.3 is 18.0 Å². The fraction of sp³-hybridized carbons (Fsp3) is 0.158. The molecule has 0 saturated carbocycles. The molecule has 8 heteroatoms. The van der Waals surface area contributed by atoms with Gasteiger partial charge in [-0.1, -0.05) is 43.3 Å². The van der Waals surface area contributed by atoms with Crippen LogP contribution in [0.1, 0.15) is 23.7 Å². The maximum absolute atomic E-state index is 12.9. The van der Waals surface area contributed by atoms with Gasteiger partial charge in [0.1, 0.15) is 0 Å². The van der Waals surface area contributed by atoms with Crippen molar-refractivity contribution in [2.45, 2.75) is 18.9 Å². The number of rotatable bonds is 6. The summed E-state index contributed by atoms with van der Waals surface area (Å²) in [5.41, 5.74) is -2.48. The normalized spacial score (nSPS) is 10.7. The minimum Gasteiger partial charge on any atom is -0.479 e. The monoisotopic (exact) mass is 370 g/mol. The van der Waals surface area contributed by atoms with Crippen molar-refractivity contribution in [1.82, 2.24) is 4.90 Å². The van der Waals surface area contributed by atoms with E-state index in [1.165, 1.54) is 43.3 Å². The number of imide groups is 1. The quantitative estimate of drug-likeness (QED) is 0.672. The minimum atomic E-state index is -2.76. The number of hydrogen-bond donors (Lipinski definition) is 3. The number of carboxylic acids is 2. The van der Waals surface area contributed by atoms with E-state index in [0.29, 0.717) is 0 Å². The molecular weight excluding hydrogens is 352 g/mol. The molecule has 2 aromatic carbocycles. The molecule has 140 valence electrons. The number of benzene rings is 2. The molecule has 0 aliphatic carbocycles. The molecule has 8 nitrogen and oxygen atoms in total. The van der Waals surface area contributed by atoms with Crippen LogP contribution in [0.3, 0.4) is 0 Å². The van der Waals surface area contributed by atoms with Gasteiger partial charge in [-0.2, -0.15) is 0 Å². The highest BCUT2D eigenvalue weighted by atomic mass is 16.4. The second-order valence-corrected chi connectivity index (χ2v) is 5.63. The molecule has 0 atom stereocenters. The van der Waals surface area contributed by atoms with Crippen LogP contribution >= 0.6 is 0 Å². The molecule has 0 aromatic heterocycles. The second-order valence-electron chi connectivity index (χ2n) is 5.63. The van der Waals surface area contributed by atoms with Crippen LogP contribution in [-0.4, -0.2) is 44.5 Å². The predicted octanol–water partition coefficient (Wildman–Crippen LogP) is 2.68. The van der Waals surface area contributed by atoms with Gasteiger partial charge in [-0.05, 0) is 30.7 Å². The van der Waals surface area contributed by atoms with Crippen LogP contribution in [0.2, 0.25) is 0 Å². The van der Waals surface area contributed by atoms with Crippen molar-refractivity contribution < 1.29 is 29.4 Å². The summed E-state index contributed by atoms with van der Waals surface area (Å²) in [6.07, 6.45) is -0.515. The molecule has 0 aliphatic heterocycles. The Labute approximate surface area is 155 Å². The maximum atomic E-state index is 12.9. The third-order valence-corrected chi connectivity index (χ3v) is 4.05. The second kappa shape index (κ2) is 8.13. The largest absolute Gasteiger partial charge is 0.479 e. The fourth-order valence-corrected chi connectivity index (χ4v) is 2.59. The van der Waals surface area contributed by atoms with Gasteiger partial charge in [-0.25, -0.2) is 19.3 Å². The molecule has 0 fully saturated rings. The SMILES string of the molecule is CCC(C(=O)O)(C(=O)O)N(C(=O)Nc1ccccc1)C(=O)c1ccccc1. The third-order valence-electron chi connectivity index (χ3n) is 4.05. The molecule has 27 heavy (non-hydrogen) atoms. The lowest BCUT2D eigenvalue weighted by Crippen LogP contribution is -2.64. The van der Waals surface area contributed by atoms with Crippen LogP contribution in [0.25, 0.3) is 0 Å². The number of nitrogens with one attached hydrogen (secondary N) is 1. The Hall–Kier alpha value is -3.68. The number of aliphatic carboxylic acids is 2. The van der Waals surface area contributed by atoms with Crippen LogP contribution in [0.5, 0.6) is 0 Å². The van der Waals surface area contributed by atoms with Crippen LogP contribution in [0.15, 0.2) is 60.7 Å². The van der Waals surface area contributed by atoms with Crippen LogP contribution < -0.4 is 5.32 Å². The molecule has 0 radical (unpaired) electrons. The third kappa shape index (κ3) is 3.79. The van der Waals surface area contributed by atoms with E-state index in [1.807, 2.05) is 0 Å². The topological polar surface area (TPSA) is 124 Å². The number of amides is 3. The van der Waals surface area contributed by atoms with Gasteiger partial charge in [-0.15, -0.1) is 0 Å². The Morgan fingerprint density at radius 2 is 1.37 bits per heavy atom. The van der Waals surface area contributed by atoms with Gasteiger partial charge in [-0.3, -0.25) is 4.79 Å². The average Bonchev–Trinajstić information content (AvgIpc) is 2.66. The van der Waals surface area contributed by atoms with Crippen molar-refractivity contribution in [1.29, 1.82) is 0 Å². The number of carboxylic acid groups (broad SMARTS) is 2. The van der Waals surface area contributed by atoms with E-state index in [0.717, 1.165) is 0 Å².